The van der Waals surface area contributed by atoms with E-state index in [1.165, 1.54) is 6.92 Å². The van der Waals surface area contributed by atoms with Crippen molar-refractivity contribution < 1.29 is 15.3 Å². The summed E-state index contributed by atoms with van der Waals surface area (Å²) >= 11 is 0. The van der Waals surface area contributed by atoms with Gasteiger partial charge in [-0.3, -0.25) is 0 Å². The van der Waals surface area contributed by atoms with Crippen molar-refractivity contribution in [1.29, 1.82) is 0 Å². The van der Waals surface area contributed by atoms with Gasteiger partial charge in [-0.05, 0) is 12.5 Å². The predicted octanol–water partition coefficient (Wildman–Crippen LogP) is -0.199. The lowest BCUT2D eigenvalue weighted by Crippen LogP contribution is -2.12. The fraction of sp³-hybridized carbons (Fsp3) is 0.600. The van der Waals surface area contributed by atoms with Crippen LogP contribution in [0.25, 0.3) is 0 Å². The quantitative estimate of drug-likeness (QED) is 0.440. The first-order chi connectivity index (χ1) is 3.72. The van der Waals surface area contributed by atoms with Gasteiger partial charge in [-0.1, -0.05) is 0 Å². The number of rotatable bonds is 2. The predicted molar refractivity (Wildman–Crippen MR) is 29.5 cm³/mol. The monoisotopic (exact) mass is 118 g/mol. The van der Waals surface area contributed by atoms with Gasteiger partial charge >= 0.3 is 0 Å². The van der Waals surface area contributed by atoms with Gasteiger partial charge in [-0.15, -0.1) is 0 Å². The van der Waals surface area contributed by atoms with Crippen molar-refractivity contribution in [2.24, 2.45) is 0 Å². The summed E-state index contributed by atoms with van der Waals surface area (Å²) in [4.78, 5) is 0. The molecular weight excluding hydrogens is 108 g/mol. The summed E-state index contributed by atoms with van der Waals surface area (Å²) in [5, 5.41) is 25.1. The Morgan fingerprint density at radius 1 is 1.75 bits per heavy atom. The third-order valence-corrected chi connectivity index (χ3v) is 0.902. The topological polar surface area (TPSA) is 60.7 Å². The highest BCUT2D eigenvalue weighted by Crippen LogP contribution is 1.96. The first-order valence-corrected chi connectivity index (χ1v) is 2.32. The molecule has 0 aliphatic rings. The second kappa shape index (κ2) is 3.46. The SMILES string of the molecule is CC(=CO)C(O)CO. The molecule has 3 N–H and O–H groups in total. The molecule has 0 fully saturated rings. The Hall–Kier alpha value is -0.540. The van der Waals surface area contributed by atoms with Crippen LogP contribution in [0.1, 0.15) is 6.92 Å². The number of aliphatic hydroxyl groups excluding tert-OH is 3. The van der Waals surface area contributed by atoms with Gasteiger partial charge in [0.2, 0.25) is 0 Å². The van der Waals surface area contributed by atoms with E-state index in [1.54, 1.807) is 0 Å². The first-order valence-electron chi connectivity index (χ1n) is 2.32. The fourth-order valence-electron chi connectivity index (χ4n) is 0.230. The van der Waals surface area contributed by atoms with Crippen LogP contribution in [-0.4, -0.2) is 28.0 Å². The largest absolute Gasteiger partial charge is 0.516 e. The summed E-state index contributed by atoms with van der Waals surface area (Å²) < 4.78 is 0. The number of hydrogen-bond acceptors (Lipinski definition) is 3. The van der Waals surface area contributed by atoms with Crippen molar-refractivity contribution in [3.8, 4) is 0 Å². The summed E-state index contributed by atoms with van der Waals surface area (Å²) in [6.45, 7) is 1.18. The minimum atomic E-state index is -0.917. The molecule has 0 saturated heterocycles. The Bertz CT molecular complexity index is 87.7. The molecule has 0 radical (unpaired) electrons. The summed E-state index contributed by atoms with van der Waals surface area (Å²) in [5.74, 6) is 0. The zero-order valence-corrected chi connectivity index (χ0v) is 4.70. The third kappa shape index (κ3) is 1.95. The molecule has 0 spiro atoms. The minimum absolute atomic E-state index is 0.344. The van der Waals surface area contributed by atoms with E-state index in [0.29, 0.717) is 5.57 Å². The number of aliphatic hydroxyl groups is 3. The Morgan fingerprint density at radius 3 is 2.38 bits per heavy atom. The van der Waals surface area contributed by atoms with Crippen LogP contribution in [0.15, 0.2) is 11.8 Å². The molecule has 1 unspecified atom stereocenters. The van der Waals surface area contributed by atoms with Crippen LogP contribution in [-0.2, 0) is 0 Å². The van der Waals surface area contributed by atoms with E-state index < -0.39 is 6.10 Å². The van der Waals surface area contributed by atoms with Crippen LogP contribution < -0.4 is 0 Å². The summed E-state index contributed by atoms with van der Waals surface area (Å²) in [6.07, 6.45) is -0.138. The lowest BCUT2D eigenvalue weighted by atomic mass is 10.2. The van der Waals surface area contributed by atoms with Crippen molar-refractivity contribution in [1.82, 2.24) is 0 Å². The average Bonchev–Trinajstić information content (AvgIpc) is 1.84. The highest BCUT2D eigenvalue weighted by Gasteiger charge is 2.01. The Labute approximate surface area is 47.9 Å². The normalized spacial score (nSPS) is 16.1. The van der Waals surface area contributed by atoms with Crippen LogP contribution in [0.3, 0.4) is 0 Å². The standard InChI is InChI=1S/C5H10O3/c1-4(2-6)5(8)3-7/h2,5-8H,3H2,1H3. The van der Waals surface area contributed by atoms with Crippen molar-refractivity contribution in [2.75, 3.05) is 6.61 Å². The van der Waals surface area contributed by atoms with Gasteiger partial charge in [0.25, 0.3) is 0 Å². The minimum Gasteiger partial charge on any atom is -0.516 e. The zero-order chi connectivity index (χ0) is 6.57. The molecule has 0 rings (SSSR count). The van der Waals surface area contributed by atoms with Crippen molar-refractivity contribution in [3.63, 3.8) is 0 Å². The molecule has 0 aliphatic heterocycles. The van der Waals surface area contributed by atoms with E-state index in [-0.39, 0.29) is 6.61 Å². The molecule has 0 bridgehead atoms. The van der Waals surface area contributed by atoms with Gasteiger partial charge in [-0.25, -0.2) is 0 Å². The second-order valence-electron chi connectivity index (χ2n) is 1.57. The zero-order valence-electron chi connectivity index (χ0n) is 4.70. The molecule has 0 aromatic carbocycles. The third-order valence-electron chi connectivity index (χ3n) is 0.902. The van der Waals surface area contributed by atoms with E-state index >= 15 is 0 Å². The maximum Gasteiger partial charge on any atom is 0.101 e. The van der Waals surface area contributed by atoms with Crippen molar-refractivity contribution in [2.45, 2.75) is 13.0 Å². The molecule has 0 aromatic rings. The highest BCUT2D eigenvalue weighted by atomic mass is 16.3. The summed E-state index contributed by atoms with van der Waals surface area (Å²) in [7, 11) is 0. The van der Waals surface area contributed by atoms with Gasteiger partial charge < -0.3 is 15.3 Å². The van der Waals surface area contributed by atoms with Gasteiger partial charge in [0.15, 0.2) is 0 Å². The van der Waals surface area contributed by atoms with Crippen molar-refractivity contribution >= 4 is 0 Å². The van der Waals surface area contributed by atoms with Crippen LogP contribution in [0.2, 0.25) is 0 Å². The molecule has 0 amide bonds. The Kier molecular flexibility index (Phi) is 3.23. The van der Waals surface area contributed by atoms with Gasteiger partial charge in [-0.2, -0.15) is 0 Å². The van der Waals surface area contributed by atoms with Gasteiger partial charge in [0.1, 0.15) is 6.10 Å². The van der Waals surface area contributed by atoms with Crippen LogP contribution in [0.4, 0.5) is 0 Å². The van der Waals surface area contributed by atoms with E-state index in [4.69, 9.17) is 15.3 Å². The fourth-order valence-corrected chi connectivity index (χ4v) is 0.230. The van der Waals surface area contributed by atoms with Gasteiger partial charge in [0, 0.05) is 0 Å². The molecule has 3 heteroatoms. The van der Waals surface area contributed by atoms with Crippen molar-refractivity contribution in [3.05, 3.63) is 11.8 Å². The maximum atomic E-state index is 8.65. The molecule has 48 valence electrons. The lowest BCUT2D eigenvalue weighted by molar-refractivity contribution is 0.120. The summed E-state index contributed by atoms with van der Waals surface area (Å²) in [6, 6.07) is 0. The molecule has 1 atom stereocenters. The average molecular weight is 118 g/mol. The Morgan fingerprint density at radius 2 is 2.25 bits per heavy atom. The molecular formula is C5H10O3. The molecule has 3 nitrogen and oxygen atoms in total. The molecule has 0 aliphatic carbocycles. The molecule has 8 heavy (non-hydrogen) atoms. The smallest absolute Gasteiger partial charge is 0.101 e. The van der Waals surface area contributed by atoms with E-state index in [9.17, 15) is 0 Å². The highest BCUT2D eigenvalue weighted by molar-refractivity contribution is 4.99. The van der Waals surface area contributed by atoms with Crippen LogP contribution in [0, 0.1) is 0 Å². The van der Waals surface area contributed by atoms with E-state index in [1.807, 2.05) is 0 Å². The van der Waals surface area contributed by atoms with Crippen LogP contribution >= 0.6 is 0 Å². The van der Waals surface area contributed by atoms with Gasteiger partial charge in [0.05, 0.1) is 12.9 Å². The Balaban J connectivity index is 3.63. The maximum absolute atomic E-state index is 8.65. The second-order valence-corrected chi connectivity index (χ2v) is 1.57. The van der Waals surface area contributed by atoms with E-state index in [2.05, 4.69) is 0 Å². The summed E-state index contributed by atoms with van der Waals surface area (Å²) in [5.41, 5.74) is 0.368. The molecule has 0 saturated carbocycles. The molecule has 0 aromatic heterocycles. The van der Waals surface area contributed by atoms with Crippen LogP contribution in [0.5, 0.6) is 0 Å². The first kappa shape index (κ1) is 7.46. The number of hydrogen-bond donors (Lipinski definition) is 3. The lowest BCUT2D eigenvalue weighted by Gasteiger charge is -2.03. The van der Waals surface area contributed by atoms with E-state index in [0.717, 1.165) is 6.26 Å². The molecule has 0 heterocycles.